The minimum absolute atomic E-state index is 0.717. The second-order valence-electron chi connectivity index (χ2n) is 4.88. The van der Waals surface area contributed by atoms with Crippen molar-refractivity contribution < 1.29 is 9.53 Å². The van der Waals surface area contributed by atoms with Crippen LogP contribution in [0.3, 0.4) is 0 Å². The van der Waals surface area contributed by atoms with E-state index in [0.717, 1.165) is 30.6 Å². The summed E-state index contributed by atoms with van der Waals surface area (Å²) < 4.78 is 5.10. The summed E-state index contributed by atoms with van der Waals surface area (Å²) >= 11 is 0. The fraction of sp³-hybridized carbons (Fsp3) is 0.529. The van der Waals surface area contributed by atoms with Crippen molar-refractivity contribution in [1.82, 2.24) is 0 Å². The van der Waals surface area contributed by atoms with E-state index in [0.29, 0.717) is 6.42 Å². The van der Waals surface area contributed by atoms with E-state index in [1.165, 1.54) is 32.1 Å². The zero-order valence-electron chi connectivity index (χ0n) is 12.4. The van der Waals surface area contributed by atoms with Crippen LogP contribution in [0.15, 0.2) is 29.3 Å². The Morgan fingerprint density at radius 3 is 2.15 bits per heavy atom. The Balaban J connectivity index is 2.02. The van der Waals surface area contributed by atoms with Crippen molar-refractivity contribution in [2.24, 2.45) is 4.99 Å². The first-order valence-electron chi connectivity index (χ1n) is 7.47. The van der Waals surface area contributed by atoms with Gasteiger partial charge in [-0.2, -0.15) is 0 Å². The summed E-state index contributed by atoms with van der Waals surface area (Å²) in [6, 6.07) is 7.77. The lowest BCUT2D eigenvalue weighted by Crippen LogP contribution is -1.83. The van der Waals surface area contributed by atoms with Gasteiger partial charge >= 0.3 is 0 Å². The van der Waals surface area contributed by atoms with Crippen LogP contribution in [0.25, 0.3) is 0 Å². The topological polar surface area (TPSA) is 38.7 Å². The van der Waals surface area contributed by atoms with Gasteiger partial charge in [-0.05, 0) is 43.5 Å². The Labute approximate surface area is 122 Å². The van der Waals surface area contributed by atoms with Gasteiger partial charge in [0.05, 0.1) is 12.8 Å². The molecule has 0 aliphatic heterocycles. The van der Waals surface area contributed by atoms with Gasteiger partial charge in [0.25, 0.3) is 0 Å². The molecule has 1 rings (SSSR count). The van der Waals surface area contributed by atoms with E-state index in [1.807, 2.05) is 30.5 Å². The Morgan fingerprint density at radius 2 is 1.55 bits per heavy atom. The van der Waals surface area contributed by atoms with Gasteiger partial charge in [-0.3, -0.25) is 4.99 Å². The molecule has 0 amide bonds. The van der Waals surface area contributed by atoms with E-state index in [1.54, 1.807) is 7.11 Å². The van der Waals surface area contributed by atoms with E-state index in [-0.39, 0.29) is 0 Å². The van der Waals surface area contributed by atoms with Crippen molar-refractivity contribution in [2.75, 3.05) is 7.11 Å². The first kappa shape index (κ1) is 16.4. The number of aliphatic imine (C=N–C) groups is 1. The average molecular weight is 275 g/mol. The van der Waals surface area contributed by atoms with Crippen LogP contribution in [0.5, 0.6) is 5.75 Å². The average Bonchev–Trinajstić information content (AvgIpc) is 2.50. The molecule has 0 saturated carbocycles. The second-order valence-corrected chi connectivity index (χ2v) is 4.88. The Kier molecular flexibility index (Phi) is 9.20. The lowest BCUT2D eigenvalue weighted by Gasteiger charge is -1.99. The molecule has 110 valence electrons. The number of nitrogens with zero attached hydrogens (tertiary/aromatic N) is 1. The molecule has 0 atom stereocenters. The van der Waals surface area contributed by atoms with Crippen LogP contribution in [0.4, 0.5) is 5.69 Å². The third kappa shape index (κ3) is 7.72. The molecule has 0 aliphatic rings. The highest BCUT2D eigenvalue weighted by Gasteiger charge is 1.92. The summed E-state index contributed by atoms with van der Waals surface area (Å²) in [5.41, 5.74) is 0.972. The van der Waals surface area contributed by atoms with Crippen LogP contribution < -0.4 is 4.74 Å². The summed E-state index contributed by atoms with van der Waals surface area (Å²) in [5.74, 6) is 0.860. The lowest BCUT2D eigenvalue weighted by atomic mass is 10.1. The number of benzene rings is 1. The summed E-state index contributed by atoms with van der Waals surface area (Å²) in [4.78, 5) is 14.6. The van der Waals surface area contributed by atoms with Crippen molar-refractivity contribution in [2.45, 2.75) is 51.4 Å². The molecule has 3 nitrogen and oxygen atoms in total. The zero-order valence-corrected chi connectivity index (χ0v) is 12.4. The van der Waals surface area contributed by atoms with Crippen molar-refractivity contribution in [3.05, 3.63) is 24.3 Å². The van der Waals surface area contributed by atoms with Gasteiger partial charge in [0, 0.05) is 12.6 Å². The minimum Gasteiger partial charge on any atom is -0.497 e. The molecule has 1 aromatic rings. The van der Waals surface area contributed by atoms with Gasteiger partial charge in [-0.25, -0.2) is 0 Å². The fourth-order valence-corrected chi connectivity index (χ4v) is 2.01. The van der Waals surface area contributed by atoms with Crippen LogP contribution in [0.2, 0.25) is 0 Å². The molecule has 20 heavy (non-hydrogen) atoms. The van der Waals surface area contributed by atoms with Gasteiger partial charge in [-0.15, -0.1) is 0 Å². The Morgan fingerprint density at radius 1 is 0.950 bits per heavy atom. The number of aldehydes is 1. The van der Waals surface area contributed by atoms with Crippen LogP contribution in [0.1, 0.15) is 51.4 Å². The van der Waals surface area contributed by atoms with E-state index in [2.05, 4.69) is 4.99 Å². The standard InChI is InChI=1S/C17H25NO2/c1-20-17-12-10-16(11-13-17)18-14-8-6-4-2-3-5-7-9-15-19/h10-15H,2-9H2,1H3. The van der Waals surface area contributed by atoms with Gasteiger partial charge in [-0.1, -0.05) is 25.7 Å². The van der Waals surface area contributed by atoms with Crippen molar-refractivity contribution in [3.63, 3.8) is 0 Å². The van der Waals surface area contributed by atoms with Crippen LogP contribution in [-0.4, -0.2) is 19.6 Å². The molecule has 0 aromatic heterocycles. The number of ether oxygens (including phenoxy) is 1. The van der Waals surface area contributed by atoms with E-state index in [9.17, 15) is 4.79 Å². The third-order valence-electron chi connectivity index (χ3n) is 3.22. The van der Waals surface area contributed by atoms with Crippen LogP contribution >= 0.6 is 0 Å². The number of methoxy groups -OCH3 is 1. The molecule has 0 radical (unpaired) electrons. The highest BCUT2D eigenvalue weighted by atomic mass is 16.5. The second kappa shape index (κ2) is 11.2. The maximum Gasteiger partial charge on any atom is 0.119 e. The first-order chi connectivity index (χ1) is 9.86. The van der Waals surface area contributed by atoms with Crippen LogP contribution in [-0.2, 0) is 4.79 Å². The predicted molar refractivity (Wildman–Crippen MR) is 84.1 cm³/mol. The molecule has 0 N–H and O–H groups in total. The van der Waals surface area contributed by atoms with E-state index < -0.39 is 0 Å². The number of hydrogen-bond acceptors (Lipinski definition) is 3. The van der Waals surface area contributed by atoms with Gasteiger partial charge < -0.3 is 9.53 Å². The molecule has 0 aliphatic carbocycles. The molecule has 0 fully saturated rings. The number of unbranched alkanes of at least 4 members (excludes halogenated alkanes) is 7. The summed E-state index contributed by atoms with van der Waals surface area (Å²) in [5, 5.41) is 0. The molecule has 0 saturated heterocycles. The Hall–Kier alpha value is -1.64. The van der Waals surface area contributed by atoms with Crippen molar-refractivity contribution >= 4 is 18.2 Å². The molecular formula is C17H25NO2. The normalized spacial score (nSPS) is 10.8. The number of carbonyl (C=O) groups is 1. The highest BCUT2D eigenvalue weighted by molar-refractivity contribution is 5.63. The quantitative estimate of drug-likeness (QED) is 0.333. The van der Waals surface area contributed by atoms with Crippen LogP contribution in [0, 0.1) is 0 Å². The third-order valence-corrected chi connectivity index (χ3v) is 3.22. The molecule has 0 bridgehead atoms. The molecule has 0 unspecified atom stereocenters. The Bertz CT molecular complexity index is 384. The number of hydrogen-bond donors (Lipinski definition) is 0. The van der Waals surface area contributed by atoms with Crippen molar-refractivity contribution in [3.8, 4) is 5.75 Å². The first-order valence-corrected chi connectivity index (χ1v) is 7.47. The summed E-state index contributed by atoms with van der Waals surface area (Å²) in [6.45, 7) is 0. The van der Waals surface area contributed by atoms with Crippen molar-refractivity contribution in [1.29, 1.82) is 0 Å². The van der Waals surface area contributed by atoms with E-state index in [4.69, 9.17) is 4.74 Å². The summed E-state index contributed by atoms with van der Waals surface area (Å²) in [7, 11) is 1.66. The SMILES string of the molecule is COc1ccc(N=CCCCCCCCCC=O)cc1. The molecule has 0 heterocycles. The maximum absolute atomic E-state index is 10.1. The lowest BCUT2D eigenvalue weighted by molar-refractivity contribution is -0.107. The molecule has 0 spiro atoms. The monoisotopic (exact) mass is 275 g/mol. The number of rotatable bonds is 11. The van der Waals surface area contributed by atoms with Gasteiger partial charge in [0.1, 0.15) is 12.0 Å². The summed E-state index contributed by atoms with van der Waals surface area (Å²) in [6.07, 6.45) is 11.9. The number of carbonyl (C=O) groups excluding carboxylic acids is 1. The van der Waals surface area contributed by atoms with E-state index >= 15 is 0 Å². The molecule has 3 heteroatoms. The highest BCUT2D eigenvalue weighted by Crippen LogP contribution is 2.17. The predicted octanol–water partition coefficient (Wildman–Crippen LogP) is 4.72. The smallest absolute Gasteiger partial charge is 0.119 e. The molecule has 1 aromatic carbocycles. The van der Waals surface area contributed by atoms with Gasteiger partial charge in [0.2, 0.25) is 0 Å². The largest absolute Gasteiger partial charge is 0.497 e. The molecular weight excluding hydrogens is 250 g/mol. The zero-order chi connectivity index (χ0) is 14.5. The minimum atomic E-state index is 0.717. The maximum atomic E-state index is 10.1. The van der Waals surface area contributed by atoms with Gasteiger partial charge in [0.15, 0.2) is 0 Å². The fourth-order valence-electron chi connectivity index (χ4n) is 2.01.